The average Bonchev–Trinajstić information content (AvgIpc) is 3.29. The van der Waals surface area contributed by atoms with Crippen molar-refractivity contribution in [2.45, 2.75) is 6.92 Å². The maximum absolute atomic E-state index is 11.5. The molecule has 2 heterocycles. The normalized spacial score (nSPS) is 15.6. The molecule has 0 spiro atoms. The number of aromatic nitrogens is 1. The van der Waals surface area contributed by atoms with Crippen LogP contribution in [0.3, 0.4) is 0 Å². The van der Waals surface area contributed by atoms with Crippen molar-refractivity contribution < 1.29 is 14.0 Å². The molecule has 0 radical (unpaired) electrons. The zero-order valence-corrected chi connectivity index (χ0v) is 17.0. The second-order valence-corrected chi connectivity index (χ2v) is 7.57. The number of nitrogens with one attached hydrogen (secondary N) is 1. The topological polar surface area (TPSA) is 72.2 Å². The monoisotopic (exact) mass is 414 g/mol. The van der Waals surface area contributed by atoms with Crippen LogP contribution in [0.1, 0.15) is 22.6 Å². The third kappa shape index (κ3) is 4.67. The molecule has 1 fully saturated rings. The van der Waals surface area contributed by atoms with Crippen LogP contribution in [0.25, 0.3) is 29.7 Å². The van der Waals surface area contributed by atoms with Crippen molar-refractivity contribution >= 4 is 41.1 Å². The molecule has 148 valence electrons. The van der Waals surface area contributed by atoms with Gasteiger partial charge in [0.1, 0.15) is 11.5 Å². The van der Waals surface area contributed by atoms with E-state index in [4.69, 9.17) is 4.42 Å². The maximum atomic E-state index is 11.5. The Morgan fingerprint density at radius 2 is 1.63 bits per heavy atom. The Hall–Kier alpha value is -3.64. The van der Waals surface area contributed by atoms with Crippen LogP contribution < -0.4 is 5.32 Å². The first-order chi connectivity index (χ1) is 14.6. The summed E-state index contributed by atoms with van der Waals surface area (Å²) in [5.74, 6) is 1.02. The Morgan fingerprint density at radius 1 is 0.933 bits per heavy atom. The van der Waals surface area contributed by atoms with Crippen LogP contribution in [-0.2, 0) is 4.79 Å². The van der Waals surface area contributed by atoms with Gasteiger partial charge in [-0.3, -0.25) is 14.9 Å². The fourth-order valence-electron chi connectivity index (χ4n) is 2.84. The molecule has 30 heavy (non-hydrogen) atoms. The van der Waals surface area contributed by atoms with Gasteiger partial charge < -0.3 is 4.42 Å². The molecule has 1 aromatic heterocycles. The number of carbonyl (C=O) groups is 2. The van der Waals surface area contributed by atoms with Crippen LogP contribution in [0, 0.1) is 6.92 Å². The molecule has 6 heteroatoms. The lowest BCUT2D eigenvalue weighted by molar-refractivity contribution is -0.115. The largest absolute Gasteiger partial charge is 0.441 e. The summed E-state index contributed by atoms with van der Waals surface area (Å²) < 4.78 is 5.78. The van der Waals surface area contributed by atoms with E-state index in [2.05, 4.69) is 10.3 Å². The number of hydrogen-bond acceptors (Lipinski definition) is 5. The van der Waals surface area contributed by atoms with Gasteiger partial charge in [-0.1, -0.05) is 60.7 Å². The second-order valence-electron chi connectivity index (χ2n) is 6.56. The molecule has 1 N–H and O–H groups in total. The molecule has 0 bridgehead atoms. The number of hydrogen-bond donors (Lipinski definition) is 1. The van der Waals surface area contributed by atoms with Gasteiger partial charge in [0.25, 0.3) is 11.1 Å². The van der Waals surface area contributed by atoms with Crippen LogP contribution in [0.15, 0.2) is 76.1 Å². The Bertz CT molecular complexity index is 1170. The Labute approximate surface area is 178 Å². The molecular weight excluding hydrogens is 396 g/mol. The van der Waals surface area contributed by atoms with Gasteiger partial charge in [-0.05, 0) is 54.1 Å². The van der Waals surface area contributed by atoms with Gasteiger partial charge in [-0.25, -0.2) is 4.98 Å². The summed E-state index contributed by atoms with van der Waals surface area (Å²) >= 11 is 0.905. The first kappa shape index (κ1) is 19.7. The summed E-state index contributed by atoms with van der Waals surface area (Å²) in [7, 11) is 0. The van der Waals surface area contributed by atoms with Crippen molar-refractivity contribution in [1.82, 2.24) is 10.3 Å². The quantitative estimate of drug-likeness (QED) is 0.542. The molecule has 2 amide bonds. The molecule has 2 aromatic carbocycles. The highest BCUT2D eigenvalue weighted by Gasteiger charge is 2.24. The number of oxazole rings is 1. The zero-order chi connectivity index (χ0) is 20.9. The number of carbonyl (C=O) groups excluding carboxylic acids is 2. The number of nitrogens with zero attached hydrogens (tertiary/aromatic N) is 1. The number of rotatable bonds is 5. The molecule has 5 nitrogen and oxygen atoms in total. The van der Waals surface area contributed by atoms with Crippen LogP contribution in [0.5, 0.6) is 0 Å². The first-order valence-corrected chi connectivity index (χ1v) is 10.1. The summed E-state index contributed by atoms with van der Waals surface area (Å²) in [5.41, 5.74) is 3.77. The Kier molecular flexibility index (Phi) is 5.77. The van der Waals surface area contributed by atoms with Crippen LogP contribution >= 0.6 is 11.8 Å². The lowest BCUT2D eigenvalue weighted by Gasteiger charge is -1.96. The lowest BCUT2D eigenvalue weighted by Crippen LogP contribution is -2.17. The van der Waals surface area contributed by atoms with Crippen LogP contribution in [-0.4, -0.2) is 16.1 Å². The van der Waals surface area contributed by atoms with Crippen molar-refractivity contribution in [3.05, 3.63) is 94.2 Å². The molecule has 0 atom stereocenters. The van der Waals surface area contributed by atoms with Crippen molar-refractivity contribution in [3.63, 3.8) is 0 Å². The SMILES string of the molecule is Cc1oc(-c2ccccc2)nc1C=Cc1ccc(/C=C/C=C2/SC(=O)NC2=O)cc1. The lowest BCUT2D eigenvalue weighted by atomic mass is 10.1. The summed E-state index contributed by atoms with van der Waals surface area (Å²) in [4.78, 5) is 27.6. The molecule has 1 aliphatic rings. The summed E-state index contributed by atoms with van der Waals surface area (Å²) in [6, 6.07) is 17.8. The molecule has 0 aliphatic carbocycles. The maximum Gasteiger partial charge on any atom is 0.290 e. The number of benzene rings is 2. The Morgan fingerprint density at radius 3 is 2.30 bits per heavy atom. The van der Waals surface area contributed by atoms with E-state index >= 15 is 0 Å². The predicted molar refractivity (Wildman–Crippen MR) is 120 cm³/mol. The van der Waals surface area contributed by atoms with Crippen molar-refractivity contribution in [3.8, 4) is 11.5 Å². The van der Waals surface area contributed by atoms with Crippen LogP contribution in [0.4, 0.5) is 4.79 Å². The minimum absolute atomic E-state index is 0.339. The van der Waals surface area contributed by atoms with Gasteiger partial charge in [-0.15, -0.1) is 0 Å². The third-order valence-electron chi connectivity index (χ3n) is 4.40. The van der Waals surface area contributed by atoms with E-state index in [1.807, 2.05) is 79.7 Å². The molecule has 0 unspecified atom stereocenters. The summed E-state index contributed by atoms with van der Waals surface area (Å²) in [5, 5.41) is 1.89. The highest BCUT2D eigenvalue weighted by atomic mass is 32.2. The summed E-state index contributed by atoms with van der Waals surface area (Å²) in [6.45, 7) is 1.90. The van der Waals surface area contributed by atoms with E-state index in [-0.39, 0.29) is 11.1 Å². The van der Waals surface area contributed by atoms with Gasteiger partial charge in [0.2, 0.25) is 5.89 Å². The van der Waals surface area contributed by atoms with E-state index in [0.717, 1.165) is 39.9 Å². The highest BCUT2D eigenvalue weighted by Crippen LogP contribution is 2.24. The zero-order valence-electron chi connectivity index (χ0n) is 16.2. The molecular formula is C24H18N2O3S. The smallest absolute Gasteiger partial charge is 0.290 e. The second kappa shape index (κ2) is 8.80. The number of amides is 2. The van der Waals surface area contributed by atoms with E-state index < -0.39 is 0 Å². The first-order valence-electron chi connectivity index (χ1n) is 9.31. The number of thioether (sulfide) groups is 1. The van der Waals surface area contributed by atoms with Crippen molar-refractivity contribution in [2.75, 3.05) is 0 Å². The number of aryl methyl sites for hydroxylation is 1. The van der Waals surface area contributed by atoms with Crippen LogP contribution in [0.2, 0.25) is 0 Å². The molecule has 4 rings (SSSR count). The third-order valence-corrected chi connectivity index (χ3v) is 5.23. The Balaban J connectivity index is 1.43. The van der Waals surface area contributed by atoms with E-state index in [1.165, 1.54) is 0 Å². The molecule has 1 aliphatic heterocycles. The fraction of sp³-hybridized carbons (Fsp3) is 0.0417. The van der Waals surface area contributed by atoms with E-state index in [1.54, 1.807) is 12.2 Å². The minimum atomic E-state index is -0.353. The fourth-order valence-corrected chi connectivity index (χ4v) is 3.48. The minimum Gasteiger partial charge on any atom is -0.441 e. The van der Waals surface area contributed by atoms with Gasteiger partial charge >= 0.3 is 0 Å². The van der Waals surface area contributed by atoms with Crippen molar-refractivity contribution in [1.29, 1.82) is 0 Å². The molecule has 3 aromatic rings. The molecule has 0 saturated carbocycles. The van der Waals surface area contributed by atoms with Gasteiger partial charge in [-0.2, -0.15) is 0 Å². The number of allylic oxidation sites excluding steroid dienone is 2. The molecule has 1 saturated heterocycles. The van der Waals surface area contributed by atoms with E-state index in [9.17, 15) is 9.59 Å². The van der Waals surface area contributed by atoms with E-state index in [0.29, 0.717) is 10.8 Å². The highest BCUT2D eigenvalue weighted by molar-refractivity contribution is 8.18. The van der Waals surface area contributed by atoms with Gasteiger partial charge in [0, 0.05) is 5.56 Å². The summed E-state index contributed by atoms with van der Waals surface area (Å²) in [6.07, 6.45) is 9.20. The standard InChI is InChI=1S/C24H18N2O3S/c1-16-20(25-23(29-16)19-7-3-2-4-8-19)15-14-18-12-10-17(11-13-18)6-5-9-21-22(27)26-24(28)30-21/h2-15H,1H3,(H,26,27,28)/b6-5+,15-14?,21-9+. The number of imide groups is 1. The predicted octanol–water partition coefficient (Wildman–Crippen LogP) is 5.70. The van der Waals surface area contributed by atoms with Gasteiger partial charge in [0.15, 0.2) is 0 Å². The van der Waals surface area contributed by atoms with Gasteiger partial charge in [0.05, 0.1) is 4.91 Å². The average molecular weight is 414 g/mol. The van der Waals surface area contributed by atoms with Crippen molar-refractivity contribution in [2.24, 2.45) is 0 Å².